The summed E-state index contributed by atoms with van der Waals surface area (Å²) in [4.78, 5) is 7.16. The average molecular weight is 163 g/mol. The number of rotatable bonds is 2. The number of aryl methyl sites for hydroxylation is 1. The maximum atomic E-state index is 7.16. The monoisotopic (exact) mass is 163 g/mol. The van der Waals surface area contributed by atoms with Crippen LogP contribution in [0.3, 0.4) is 0 Å². The van der Waals surface area contributed by atoms with Crippen LogP contribution < -0.4 is 0 Å². The van der Waals surface area contributed by atoms with E-state index in [1.807, 2.05) is 20.0 Å². The quantitative estimate of drug-likeness (QED) is 0.629. The van der Waals surface area contributed by atoms with Crippen molar-refractivity contribution in [3.63, 3.8) is 0 Å². The Hall–Kier alpha value is -1.38. The summed E-state index contributed by atoms with van der Waals surface area (Å²) in [5, 5.41) is 7.16. The van der Waals surface area contributed by atoms with Crippen molar-refractivity contribution in [2.24, 2.45) is 4.99 Å². The number of aromatic nitrogens is 1. The second kappa shape index (κ2) is 3.34. The van der Waals surface area contributed by atoms with Crippen LogP contribution in [0.4, 0.5) is 5.82 Å². The van der Waals surface area contributed by atoms with Gasteiger partial charge < -0.3 is 10.4 Å². The molecule has 12 heavy (non-hydrogen) atoms. The van der Waals surface area contributed by atoms with Gasteiger partial charge in [0.05, 0.1) is 0 Å². The Bertz CT molecular complexity index is 321. The predicted molar refractivity (Wildman–Crippen MR) is 51.8 cm³/mol. The number of hydrogen-bond donors (Lipinski definition) is 2. The summed E-state index contributed by atoms with van der Waals surface area (Å²) in [7, 11) is 0. The van der Waals surface area contributed by atoms with Crippen molar-refractivity contribution < 1.29 is 0 Å². The molecule has 0 bridgehead atoms. The van der Waals surface area contributed by atoms with Crippen LogP contribution in [0.15, 0.2) is 11.2 Å². The van der Waals surface area contributed by atoms with E-state index >= 15 is 0 Å². The molecule has 0 radical (unpaired) electrons. The molecule has 64 valence electrons. The van der Waals surface area contributed by atoms with Crippen LogP contribution in [-0.4, -0.2) is 16.9 Å². The SMILES string of the molecule is CC(=N)C=Nc1[nH]cc(C)c1C. The van der Waals surface area contributed by atoms with Gasteiger partial charge in [-0.05, 0) is 31.9 Å². The molecular weight excluding hydrogens is 150 g/mol. The molecule has 0 spiro atoms. The molecule has 0 aliphatic carbocycles. The molecule has 3 heteroatoms. The van der Waals surface area contributed by atoms with E-state index < -0.39 is 0 Å². The normalized spacial score (nSPS) is 10.9. The Kier molecular flexibility index (Phi) is 2.43. The highest BCUT2D eigenvalue weighted by atomic mass is 14.9. The summed E-state index contributed by atoms with van der Waals surface area (Å²) in [5.41, 5.74) is 2.80. The van der Waals surface area contributed by atoms with Crippen molar-refractivity contribution in [1.29, 1.82) is 5.41 Å². The Labute approximate surface area is 72.0 Å². The molecular formula is C9H13N3. The summed E-state index contributed by atoms with van der Waals surface area (Å²) in [5.74, 6) is 0.846. The van der Waals surface area contributed by atoms with Crippen molar-refractivity contribution in [1.82, 2.24) is 4.98 Å². The van der Waals surface area contributed by atoms with Crippen LogP contribution in [0.5, 0.6) is 0 Å². The van der Waals surface area contributed by atoms with Crippen molar-refractivity contribution in [2.75, 3.05) is 0 Å². The molecule has 1 rings (SSSR count). The zero-order chi connectivity index (χ0) is 9.14. The van der Waals surface area contributed by atoms with E-state index in [0.29, 0.717) is 5.71 Å². The first-order valence-corrected chi connectivity index (χ1v) is 3.85. The van der Waals surface area contributed by atoms with Gasteiger partial charge in [-0.15, -0.1) is 0 Å². The van der Waals surface area contributed by atoms with E-state index in [1.165, 1.54) is 11.8 Å². The van der Waals surface area contributed by atoms with Gasteiger partial charge in [0.25, 0.3) is 0 Å². The van der Waals surface area contributed by atoms with Crippen LogP contribution in [-0.2, 0) is 0 Å². The zero-order valence-corrected chi connectivity index (χ0v) is 7.60. The molecule has 0 fully saturated rings. The summed E-state index contributed by atoms with van der Waals surface area (Å²) in [6, 6.07) is 0. The average Bonchev–Trinajstić information content (AvgIpc) is 2.30. The molecule has 0 aliphatic rings. The lowest BCUT2D eigenvalue weighted by Crippen LogP contribution is -1.87. The Morgan fingerprint density at radius 3 is 2.67 bits per heavy atom. The second-order valence-corrected chi connectivity index (χ2v) is 2.89. The minimum absolute atomic E-state index is 0.460. The topological polar surface area (TPSA) is 52.0 Å². The van der Waals surface area contributed by atoms with E-state index in [-0.39, 0.29) is 0 Å². The minimum atomic E-state index is 0.460. The molecule has 1 heterocycles. The van der Waals surface area contributed by atoms with Crippen molar-refractivity contribution in [2.45, 2.75) is 20.8 Å². The molecule has 3 nitrogen and oxygen atoms in total. The zero-order valence-electron chi connectivity index (χ0n) is 7.60. The lowest BCUT2D eigenvalue weighted by molar-refractivity contribution is 1.32. The van der Waals surface area contributed by atoms with Gasteiger partial charge in [0, 0.05) is 18.1 Å². The maximum absolute atomic E-state index is 7.16. The molecule has 0 unspecified atom stereocenters. The van der Waals surface area contributed by atoms with E-state index in [4.69, 9.17) is 5.41 Å². The standard InChI is InChI=1S/C9H13N3/c1-6-4-11-9(8(6)3)12-5-7(2)10/h4-5,10-11H,1-3H3. The highest BCUT2D eigenvalue weighted by Gasteiger charge is 1.99. The van der Waals surface area contributed by atoms with Gasteiger partial charge in [0.1, 0.15) is 5.82 Å². The third-order valence-corrected chi connectivity index (χ3v) is 1.76. The predicted octanol–water partition coefficient (Wildman–Crippen LogP) is 2.37. The number of aliphatic imine (C=N–C) groups is 1. The summed E-state index contributed by atoms with van der Waals surface area (Å²) < 4.78 is 0. The lowest BCUT2D eigenvalue weighted by atomic mass is 10.2. The van der Waals surface area contributed by atoms with Gasteiger partial charge in [-0.25, -0.2) is 4.99 Å². The number of aromatic amines is 1. The fourth-order valence-corrected chi connectivity index (χ4v) is 0.875. The number of H-pyrrole nitrogens is 1. The lowest BCUT2D eigenvalue weighted by Gasteiger charge is -1.90. The largest absolute Gasteiger partial charge is 0.346 e. The van der Waals surface area contributed by atoms with E-state index in [9.17, 15) is 0 Å². The first kappa shape index (κ1) is 8.71. The molecule has 0 saturated heterocycles. The highest BCUT2D eigenvalue weighted by molar-refractivity contribution is 6.28. The summed E-state index contributed by atoms with van der Waals surface area (Å²) in [6.07, 6.45) is 3.46. The molecule has 0 aromatic carbocycles. The van der Waals surface area contributed by atoms with Crippen LogP contribution in [0, 0.1) is 19.3 Å². The van der Waals surface area contributed by atoms with Gasteiger partial charge >= 0.3 is 0 Å². The Morgan fingerprint density at radius 1 is 1.58 bits per heavy atom. The first-order valence-electron chi connectivity index (χ1n) is 3.85. The van der Waals surface area contributed by atoms with E-state index in [1.54, 1.807) is 6.92 Å². The second-order valence-electron chi connectivity index (χ2n) is 2.89. The minimum Gasteiger partial charge on any atom is -0.346 e. The first-order chi connectivity index (χ1) is 5.61. The number of hydrogen-bond acceptors (Lipinski definition) is 2. The van der Waals surface area contributed by atoms with Crippen molar-refractivity contribution in [3.05, 3.63) is 17.3 Å². The van der Waals surface area contributed by atoms with Gasteiger partial charge in [0.2, 0.25) is 0 Å². The molecule has 1 aromatic rings. The van der Waals surface area contributed by atoms with Crippen molar-refractivity contribution >= 4 is 17.7 Å². The smallest absolute Gasteiger partial charge is 0.133 e. The third-order valence-electron chi connectivity index (χ3n) is 1.76. The van der Waals surface area contributed by atoms with E-state index in [2.05, 4.69) is 9.98 Å². The fourth-order valence-electron chi connectivity index (χ4n) is 0.875. The number of nitrogens with one attached hydrogen (secondary N) is 2. The van der Waals surface area contributed by atoms with Crippen LogP contribution in [0.25, 0.3) is 0 Å². The van der Waals surface area contributed by atoms with Crippen LogP contribution in [0.2, 0.25) is 0 Å². The molecule has 0 atom stereocenters. The molecule has 0 aliphatic heterocycles. The fraction of sp³-hybridized carbons (Fsp3) is 0.333. The van der Waals surface area contributed by atoms with Crippen molar-refractivity contribution in [3.8, 4) is 0 Å². The third kappa shape index (κ3) is 1.81. The number of nitrogens with zero attached hydrogens (tertiary/aromatic N) is 1. The molecule has 0 saturated carbocycles. The highest BCUT2D eigenvalue weighted by Crippen LogP contribution is 2.18. The Morgan fingerprint density at radius 2 is 2.25 bits per heavy atom. The molecule has 0 amide bonds. The van der Waals surface area contributed by atoms with Gasteiger partial charge in [0.15, 0.2) is 0 Å². The van der Waals surface area contributed by atoms with Gasteiger partial charge in [-0.3, -0.25) is 0 Å². The molecule has 1 aromatic heterocycles. The van der Waals surface area contributed by atoms with Crippen LogP contribution >= 0.6 is 0 Å². The Balaban J connectivity index is 2.90. The summed E-state index contributed by atoms with van der Waals surface area (Å²) >= 11 is 0. The summed E-state index contributed by atoms with van der Waals surface area (Å²) in [6.45, 7) is 5.74. The van der Waals surface area contributed by atoms with Crippen LogP contribution in [0.1, 0.15) is 18.1 Å². The van der Waals surface area contributed by atoms with E-state index in [0.717, 1.165) is 11.4 Å². The van der Waals surface area contributed by atoms with Gasteiger partial charge in [-0.2, -0.15) is 0 Å². The van der Waals surface area contributed by atoms with Gasteiger partial charge in [-0.1, -0.05) is 0 Å². The maximum Gasteiger partial charge on any atom is 0.133 e. The molecule has 2 N–H and O–H groups in total.